The predicted octanol–water partition coefficient (Wildman–Crippen LogP) is 1.78. The van der Waals surface area contributed by atoms with E-state index >= 15 is 0 Å². The Hall–Kier alpha value is -1.53. The molecule has 21 heavy (non-hydrogen) atoms. The lowest BCUT2D eigenvalue weighted by Crippen LogP contribution is -2.44. The molecule has 120 valence electrons. The first-order valence-electron chi connectivity index (χ1n) is 7.40. The van der Waals surface area contributed by atoms with Crippen LogP contribution >= 0.6 is 0 Å². The van der Waals surface area contributed by atoms with Gasteiger partial charge in [0.25, 0.3) is 0 Å². The fourth-order valence-electron chi connectivity index (χ4n) is 1.77. The monoisotopic (exact) mass is 297 g/mol. The van der Waals surface area contributed by atoms with Gasteiger partial charge in [0.1, 0.15) is 12.4 Å². The van der Waals surface area contributed by atoms with Crippen molar-refractivity contribution in [1.82, 2.24) is 10.6 Å². The molecule has 0 saturated heterocycles. The SMILES string of the molecule is CCNC(=NCCCOCc1ccco1)NC(C)COC. The molecule has 1 aromatic rings. The molecule has 6 nitrogen and oxygen atoms in total. The summed E-state index contributed by atoms with van der Waals surface area (Å²) in [5.41, 5.74) is 0. The number of hydrogen-bond acceptors (Lipinski definition) is 4. The van der Waals surface area contributed by atoms with Crippen LogP contribution < -0.4 is 10.6 Å². The fourth-order valence-corrected chi connectivity index (χ4v) is 1.77. The second-order valence-electron chi connectivity index (χ2n) is 4.75. The van der Waals surface area contributed by atoms with Crippen molar-refractivity contribution in [2.24, 2.45) is 4.99 Å². The standard InChI is InChI=1S/C15H27N3O3/c1-4-16-15(18-13(2)11-19-3)17-8-6-9-20-12-14-7-5-10-21-14/h5,7,10,13H,4,6,8-9,11-12H2,1-3H3,(H2,16,17,18). The highest BCUT2D eigenvalue weighted by molar-refractivity contribution is 5.80. The molecule has 0 aliphatic rings. The highest BCUT2D eigenvalue weighted by Gasteiger charge is 2.03. The van der Waals surface area contributed by atoms with E-state index in [-0.39, 0.29) is 6.04 Å². The minimum atomic E-state index is 0.225. The van der Waals surface area contributed by atoms with Gasteiger partial charge in [-0.05, 0) is 32.4 Å². The lowest BCUT2D eigenvalue weighted by atomic mass is 10.4. The summed E-state index contributed by atoms with van der Waals surface area (Å²) in [6, 6.07) is 3.99. The van der Waals surface area contributed by atoms with E-state index in [0.29, 0.717) is 26.4 Å². The molecule has 1 unspecified atom stereocenters. The van der Waals surface area contributed by atoms with Crippen molar-refractivity contribution in [2.45, 2.75) is 32.9 Å². The second-order valence-corrected chi connectivity index (χ2v) is 4.75. The first-order valence-corrected chi connectivity index (χ1v) is 7.40. The summed E-state index contributed by atoms with van der Waals surface area (Å²) < 4.78 is 15.8. The van der Waals surface area contributed by atoms with Crippen LogP contribution in [-0.2, 0) is 16.1 Å². The average Bonchev–Trinajstić information content (AvgIpc) is 2.96. The minimum absolute atomic E-state index is 0.225. The normalized spacial score (nSPS) is 13.2. The summed E-state index contributed by atoms with van der Waals surface area (Å²) in [5.74, 6) is 1.66. The molecule has 1 aromatic heterocycles. The van der Waals surface area contributed by atoms with Gasteiger partial charge >= 0.3 is 0 Å². The van der Waals surface area contributed by atoms with E-state index in [4.69, 9.17) is 13.9 Å². The molecule has 1 heterocycles. The van der Waals surface area contributed by atoms with Crippen molar-refractivity contribution < 1.29 is 13.9 Å². The largest absolute Gasteiger partial charge is 0.467 e. The van der Waals surface area contributed by atoms with E-state index in [0.717, 1.165) is 24.7 Å². The van der Waals surface area contributed by atoms with Gasteiger partial charge in [0, 0.05) is 32.8 Å². The zero-order valence-electron chi connectivity index (χ0n) is 13.2. The molecule has 0 fully saturated rings. The van der Waals surface area contributed by atoms with Crippen molar-refractivity contribution in [1.29, 1.82) is 0 Å². The van der Waals surface area contributed by atoms with Crippen LogP contribution in [0.5, 0.6) is 0 Å². The molecule has 0 aliphatic heterocycles. The zero-order valence-corrected chi connectivity index (χ0v) is 13.2. The number of ether oxygens (including phenoxy) is 2. The van der Waals surface area contributed by atoms with Crippen LogP contribution in [0.15, 0.2) is 27.8 Å². The van der Waals surface area contributed by atoms with E-state index in [1.807, 2.05) is 19.1 Å². The molecule has 6 heteroatoms. The number of nitrogens with one attached hydrogen (secondary N) is 2. The first kappa shape index (κ1) is 17.5. The van der Waals surface area contributed by atoms with Gasteiger partial charge in [-0.3, -0.25) is 4.99 Å². The summed E-state index contributed by atoms with van der Waals surface area (Å²) in [4.78, 5) is 4.51. The molecule has 2 N–H and O–H groups in total. The number of methoxy groups -OCH3 is 1. The first-order chi connectivity index (χ1) is 10.3. The van der Waals surface area contributed by atoms with Crippen LogP contribution in [0.2, 0.25) is 0 Å². The van der Waals surface area contributed by atoms with E-state index in [1.54, 1.807) is 13.4 Å². The molecule has 0 bridgehead atoms. The van der Waals surface area contributed by atoms with Crippen LogP contribution in [0.1, 0.15) is 26.0 Å². The Kier molecular flexibility index (Phi) is 9.32. The fraction of sp³-hybridized carbons (Fsp3) is 0.667. The molecule has 1 rings (SSSR count). The zero-order chi connectivity index (χ0) is 15.3. The lowest BCUT2D eigenvalue weighted by molar-refractivity contribution is 0.105. The van der Waals surface area contributed by atoms with E-state index < -0.39 is 0 Å². The van der Waals surface area contributed by atoms with Gasteiger partial charge in [0.2, 0.25) is 0 Å². The Labute approximate surface area is 126 Å². The average molecular weight is 297 g/mol. The molecule has 0 aromatic carbocycles. The number of guanidine groups is 1. The maximum absolute atomic E-state index is 5.52. The third-order valence-electron chi connectivity index (χ3n) is 2.69. The molecule has 0 aliphatic carbocycles. The third-order valence-corrected chi connectivity index (χ3v) is 2.69. The maximum atomic E-state index is 5.52. The molecule has 0 saturated carbocycles. The van der Waals surface area contributed by atoms with E-state index in [1.165, 1.54) is 0 Å². The molecular weight excluding hydrogens is 270 g/mol. The van der Waals surface area contributed by atoms with Crippen LogP contribution in [0.3, 0.4) is 0 Å². The lowest BCUT2D eigenvalue weighted by Gasteiger charge is -2.16. The summed E-state index contributed by atoms with van der Waals surface area (Å²) in [6.45, 7) is 7.48. The summed E-state index contributed by atoms with van der Waals surface area (Å²) in [5, 5.41) is 6.50. The third kappa shape index (κ3) is 8.37. The van der Waals surface area contributed by atoms with Crippen molar-refractivity contribution in [3.05, 3.63) is 24.2 Å². The van der Waals surface area contributed by atoms with Crippen LogP contribution in [-0.4, -0.2) is 45.4 Å². The number of nitrogens with zero attached hydrogens (tertiary/aromatic N) is 1. The van der Waals surface area contributed by atoms with E-state index in [9.17, 15) is 0 Å². The highest BCUT2D eigenvalue weighted by Crippen LogP contribution is 2.01. The predicted molar refractivity (Wildman–Crippen MR) is 83.4 cm³/mol. The number of hydrogen-bond donors (Lipinski definition) is 2. The summed E-state index contributed by atoms with van der Waals surface area (Å²) >= 11 is 0. The Morgan fingerprint density at radius 3 is 3.00 bits per heavy atom. The van der Waals surface area contributed by atoms with Gasteiger partial charge in [-0.15, -0.1) is 0 Å². The Balaban J connectivity index is 2.17. The van der Waals surface area contributed by atoms with Gasteiger partial charge in [0.05, 0.1) is 12.9 Å². The van der Waals surface area contributed by atoms with Crippen LogP contribution in [0.25, 0.3) is 0 Å². The molecule has 0 amide bonds. The Morgan fingerprint density at radius 2 is 2.33 bits per heavy atom. The van der Waals surface area contributed by atoms with Gasteiger partial charge in [-0.1, -0.05) is 0 Å². The van der Waals surface area contributed by atoms with Gasteiger partial charge in [-0.2, -0.15) is 0 Å². The van der Waals surface area contributed by atoms with Crippen molar-refractivity contribution in [3.8, 4) is 0 Å². The number of furan rings is 1. The molecule has 0 radical (unpaired) electrons. The quantitative estimate of drug-likeness (QED) is 0.391. The molecule has 1 atom stereocenters. The van der Waals surface area contributed by atoms with E-state index in [2.05, 4.69) is 22.5 Å². The van der Waals surface area contributed by atoms with Crippen LogP contribution in [0, 0.1) is 0 Å². The number of rotatable bonds is 10. The van der Waals surface area contributed by atoms with Crippen LogP contribution in [0.4, 0.5) is 0 Å². The number of aliphatic imine (C=N–C) groups is 1. The topological polar surface area (TPSA) is 68.0 Å². The summed E-state index contributed by atoms with van der Waals surface area (Å²) in [7, 11) is 1.69. The Morgan fingerprint density at radius 1 is 1.48 bits per heavy atom. The van der Waals surface area contributed by atoms with Gasteiger partial charge < -0.3 is 24.5 Å². The van der Waals surface area contributed by atoms with Crippen molar-refractivity contribution >= 4 is 5.96 Å². The maximum Gasteiger partial charge on any atom is 0.191 e. The minimum Gasteiger partial charge on any atom is -0.467 e. The Bertz CT molecular complexity index is 380. The van der Waals surface area contributed by atoms with Gasteiger partial charge in [-0.25, -0.2) is 0 Å². The highest BCUT2D eigenvalue weighted by atomic mass is 16.5. The molecular formula is C15H27N3O3. The molecule has 0 spiro atoms. The van der Waals surface area contributed by atoms with Crippen molar-refractivity contribution in [2.75, 3.05) is 33.4 Å². The summed E-state index contributed by atoms with van der Waals surface area (Å²) in [6.07, 6.45) is 2.52. The van der Waals surface area contributed by atoms with Crippen molar-refractivity contribution in [3.63, 3.8) is 0 Å². The van der Waals surface area contributed by atoms with Gasteiger partial charge in [0.15, 0.2) is 5.96 Å². The smallest absolute Gasteiger partial charge is 0.191 e. The second kappa shape index (κ2) is 11.2.